The number of nitrogens with zero attached hydrogens (tertiary/aromatic N) is 2. The molecule has 0 radical (unpaired) electrons. The Labute approximate surface area is 217 Å². The van der Waals surface area contributed by atoms with Gasteiger partial charge in [-0.1, -0.05) is 46.8 Å². The molecule has 0 fully saturated rings. The van der Waals surface area contributed by atoms with Crippen LogP contribution < -0.4 is 0 Å². The van der Waals surface area contributed by atoms with Crippen LogP contribution in [0.25, 0.3) is 0 Å². The number of methoxy groups -OCH3 is 2. The van der Waals surface area contributed by atoms with Crippen molar-refractivity contribution in [1.82, 2.24) is 4.90 Å². The van der Waals surface area contributed by atoms with Crippen LogP contribution in [0.1, 0.15) is 60.8 Å². The fourth-order valence-electron chi connectivity index (χ4n) is 5.43. The lowest BCUT2D eigenvalue weighted by Crippen LogP contribution is -2.53. The highest BCUT2D eigenvalue weighted by Gasteiger charge is 2.43. The summed E-state index contributed by atoms with van der Waals surface area (Å²) in [5, 5.41) is 0. The number of hydrogen-bond donors (Lipinski definition) is 0. The highest BCUT2D eigenvalue weighted by molar-refractivity contribution is 6.18. The molecule has 1 heterocycles. The minimum atomic E-state index is -0.568. The van der Waals surface area contributed by atoms with Crippen molar-refractivity contribution < 1.29 is 23.8 Å². The summed E-state index contributed by atoms with van der Waals surface area (Å²) in [6, 6.07) is -0.244. The number of rotatable bonds is 11. The molecule has 0 aromatic rings. The Balaban J connectivity index is 2.83. The molecule has 0 aromatic carbocycles. The smallest absolute Gasteiger partial charge is 0.343 e. The van der Waals surface area contributed by atoms with Crippen molar-refractivity contribution >= 4 is 17.5 Å². The Morgan fingerprint density at radius 1 is 1.22 bits per heavy atom. The molecule has 3 atom stereocenters. The van der Waals surface area contributed by atoms with Crippen LogP contribution in [0.2, 0.25) is 0 Å². The van der Waals surface area contributed by atoms with Crippen molar-refractivity contribution in [3.8, 4) is 0 Å². The maximum Gasteiger partial charge on any atom is 0.343 e. The Morgan fingerprint density at radius 2 is 1.92 bits per heavy atom. The van der Waals surface area contributed by atoms with E-state index < -0.39 is 5.97 Å². The van der Waals surface area contributed by atoms with Crippen LogP contribution in [0.3, 0.4) is 0 Å². The van der Waals surface area contributed by atoms with Gasteiger partial charge in [0.1, 0.15) is 17.0 Å². The van der Waals surface area contributed by atoms with Crippen LogP contribution in [0, 0.1) is 11.3 Å². The summed E-state index contributed by atoms with van der Waals surface area (Å²) in [6.07, 6.45) is 9.55. The molecule has 1 aliphatic heterocycles. The molecule has 2 aliphatic rings. The van der Waals surface area contributed by atoms with E-state index in [0.717, 1.165) is 29.7 Å². The average molecular weight is 501 g/mol. The van der Waals surface area contributed by atoms with Crippen LogP contribution in [0.15, 0.2) is 51.9 Å². The van der Waals surface area contributed by atoms with Gasteiger partial charge >= 0.3 is 5.97 Å². The van der Waals surface area contributed by atoms with Crippen LogP contribution in [0.5, 0.6) is 0 Å². The molecule has 36 heavy (non-hydrogen) atoms. The number of hydrogen-bond acceptors (Lipinski definition) is 7. The summed E-state index contributed by atoms with van der Waals surface area (Å²) in [5.74, 6) is 0.0892. The van der Waals surface area contributed by atoms with Crippen molar-refractivity contribution in [2.75, 3.05) is 34.5 Å². The molecule has 0 saturated carbocycles. The van der Waals surface area contributed by atoms with Gasteiger partial charge in [-0.25, -0.2) is 4.79 Å². The first-order chi connectivity index (χ1) is 17.1. The summed E-state index contributed by atoms with van der Waals surface area (Å²) < 4.78 is 16.5. The SMILES string of the molecule is CCOC(=O)C1=CN(C(CC)C(C)(C)COC)C(/C(=C2\C=CC=C(OC)C2=NC)C(C)CC)CC1=O. The normalized spacial score (nSPS) is 22.7. The second-order valence-corrected chi connectivity index (χ2v) is 10.0. The highest BCUT2D eigenvalue weighted by Crippen LogP contribution is 2.40. The number of ketones is 1. The zero-order chi connectivity index (χ0) is 27.0. The number of ether oxygens (including phenoxy) is 3. The third-order valence-electron chi connectivity index (χ3n) is 7.23. The van der Waals surface area contributed by atoms with Gasteiger partial charge in [0.15, 0.2) is 5.78 Å². The maximum absolute atomic E-state index is 13.4. The number of carbonyl (C=O) groups excluding carboxylic acids is 2. The molecule has 0 bridgehead atoms. The van der Waals surface area contributed by atoms with Gasteiger partial charge in [0, 0.05) is 43.8 Å². The quantitative estimate of drug-likeness (QED) is 0.292. The Bertz CT molecular complexity index is 970. The second kappa shape index (κ2) is 13.0. The largest absolute Gasteiger partial charge is 0.494 e. The average Bonchev–Trinajstić information content (AvgIpc) is 2.85. The molecule has 3 unspecified atom stereocenters. The van der Waals surface area contributed by atoms with Gasteiger partial charge in [-0.2, -0.15) is 0 Å². The Hall–Kier alpha value is -2.67. The number of aliphatic imine (C=N–C) groups is 1. The zero-order valence-electron chi connectivity index (χ0n) is 23.5. The lowest BCUT2D eigenvalue weighted by Gasteiger charge is -2.48. The summed E-state index contributed by atoms with van der Waals surface area (Å²) in [6.45, 7) is 13.3. The van der Waals surface area contributed by atoms with E-state index >= 15 is 0 Å². The minimum Gasteiger partial charge on any atom is -0.494 e. The van der Waals surface area contributed by atoms with E-state index in [0.29, 0.717) is 12.4 Å². The predicted octanol–water partition coefficient (Wildman–Crippen LogP) is 5.04. The molecule has 7 heteroatoms. The Kier molecular flexibility index (Phi) is 10.7. The molecular weight excluding hydrogens is 456 g/mol. The molecule has 1 aliphatic carbocycles. The monoisotopic (exact) mass is 500 g/mol. The fourth-order valence-corrected chi connectivity index (χ4v) is 5.43. The standard InChI is InChI=1S/C29H44N2O5/c1-10-19(4)26(20-14-13-15-24(35-9)27(20)30-7)22-16-23(32)21(28(33)36-12-3)17-31(22)25(11-2)29(5,6)18-34-8/h13-15,17,19,22,25H,10-12,16,18H2,1-9H3/b26-20+,30-27?. The molecular formula is C29H44N2O5. The third-order valence-corrected chi connectivity index (χ3v) is 7.23. The van der Waals surface area contributed by atoms with Crippen molar-refractivity contribution in [2.45, 2.75) is 72.9 Å². The third kappa shape index (κ3) is 6.17. The number of carbonyl (C=O) groups is 2. The maximum atomic E-state index is 13.4. The number of allylic oxidation sites excluding steroid dienone is 4. The molecule has 0 saturated heterocycles. The predicted molar refractivity (Wildman–Crippen MR) is 144 cm³/mol. The van der Waals surface area contributed by atoms with Crippen molar-refractivity contribution in [1.29, 1.82) is 0 Å². The lowest BCUT2D eigenvalue weighted by molar-refractivity contribution is -0.140. The molecule has 0 amide bonds. The molecule has 0 spiro atoms. The topological polar surface area (TPSA) is 77.4 Å². The van der Waals surface area contributed by atoms with E-state index in [1.807, 2.05) is 12.2 Å². The van der Waals surface area contributed by atoms with Crippen LogP contribution in [0.4, 0.5) is 0 Å². The number of esters is 1. The van der Waals surface area contributed by atoms with Gasteiger partial charge in [0.05, 0.1) is 26.4 Å². The Morgan fingerprint density at radius 3 is 2.44 bits per heavy atom. The molecule has 0 N–H and O–H groups in total. The molecule has 2 rings (SSSR count). The van der Waals surface area contributed by atoms with Gasteiger partial charge in [0.2, 0.25) is 0 Å². The van der Waals surface area contributed by atoms with Crippen molar-refractivity contribution in [3.63, 3.8) is 0 Å². The van der Waals surface area contributed by atoms with Crippen molar-refractivity contribution in [3.05, 3.63) is 46.9 Å². The van der Waals surface area contributed by atoms with Crippen LogP contribution in [-0.2, 0) is 23.8 Å². The van der Waals surface area contributed by atoms with Gasteiger partial charge in [0.25, 0.3) is 0 Å². The summed E-state index contributed by atoms with van der Waals surface area (Å²) >= 11 is 0. The molecule has 200 valence electrons. The lowest BCUT2D eigenvalue weighted by atomic mass is 9.76. The number of Topliss-reactive ketones (excluding diaryl/α,β-unsaturated/α-hetero) is 1. The highest BCUT2D eigenvalue weighted by atomic mass is 16.5. The minimum absolute atomic E-state index is 0.00616. The van der Waals surface area contributed by atoms with Crippen LogP contribution >= 0.6 is 0 Å². The van der Waals surface area contributed by atoms with Gasteiger partial charge in [-0.05, 0) is 37.3 Å². The van der Waals surface area contributed by atoms with E-state index in [-0.39, 0.29) is 47.8 Å². The van der Waals surface area contributed by atoms with E-state index in [9.17, 15) is 9.59 Å². The van der Waals surface area contributed by atoms with Gasteiger partial charge in [-0.3, -0.25) is 9.79 Å². The summed E-state index contributed by atoms with van der Waals surface area (Å²) in [4.78, 5) is 32.9. The molecule has 0 aromatic heterocycles. The van der Waals surface area contributed by atoms with E-state index in [1.54, 1.807) is 34.4 Å². The van der Waals surface area contributed by atoms with Gasteiger partial charge < -0.3 is 19.1 Å². The second-order valence-electron chi connectivity index (χ2n) is 10.0. The van der Waals surface area contributed by atoms with E-state index in [2.05, 4.69) is 50.6 Å². The van der Waals surface area contributed by atoms with E-state index in [1.165, 1.54) is 0 Å². The first kappa shape index (κ1) is 29.6. The van der Waals surface area contributed by atoms with Gasteiger partial charge in [-0.15, -0.1) is 0 Å². The summed E-state index contributed by atoms with van der Waals surface area (Å²) in [7, 11) is 5.10. The molecule has 7 nitrogen and oxygen atoms in total. The van der Waals surface area contributed by atoms with Crippen LogP contribution in [-0.4, -0.2) is 68.9 Å². The zero-order valence-corrected chi connectivity index (χ0v) is 23.5. The fraction of sp³-hybridized carbons (Fsp3) is 0.621. The van der Waals surface area contributed by atoms with E-state index in [4.69, 9.17) is 14.2 Å². The first-order valence-corrected chi connectivity index (χ1v) is 12.9. The first-order valence-electron chi connectivity index (χ1n) is 12.9. The summed E-state index contributed by atoms with van der Waals surface area (Å²) in [5.41, 5.74) is 2.73. The van der Waals surface area contributed by atoms with Crippen molar-refractivity contribution in [2.24, 2.45) is 16.3 Å².